The van der Waals surface area contributed by atoms with Crippen molar-refractivity contribution in [3.8, 4) is 6.07 Å². The number of nitrogens with two attached hydrogens (primary N) is 1. The molecule has 1 unspecified atom stereocenters. The molecule has 0 aliphatic heterocycles. The standard InChI is InChI=1S/C13H18N2/c1-2-13(15)5-3-4-11-6-8-12(10-14)9-7-11/h6-9,13H,2-5,15H2,1H3. The molecule has 0 aromatic heterocycles. The van der Waals surface area contributed by atoms with Crippen molar-refractivity contribution in [2.75, 3.05) is 0 Å². The second-order valence-electron chi connectivity index (χ2n) is 3.87. The highest BCUT2D eigenvalue weighted by Gasteiger charge is 1.99. The molecule has 0 saturated carbocycles. The quantitative estimate of drug-likeness (QED) is 0.798. The van der Waals surface area contributed by atoms with Gasteiger partial charge in [0.1, 0.15) is 0 Å². The van der Waals surface area contributed by atoms with Gasteiger partial charge in [0.05, 0.1) is 11.6 Å². The highest BCUT2D eigenvalue weighted by Crippen LogP contribution is 2.08. The zero-order valence-electron chi connectivity index (χ0n) is 9.24. The minimum Gasteiger partial charge on any atom is -0.328 e. The van der Waals surface area contributed by atoms with Gasteiger partial charge in [-0.1, -0.05) is 19.1 Å². The summed E-state index contributed by atoms with van der Waals surface area (Å²) in [5, 5.41) is 8.64. The minimum absolute atomic E-state index is 0.336. The molecular formula is C13H18N2. The summed E-state index contributed by atoms with van der Waals surface area (Å²) in [6, 6.07) is 10.2. The van der Waals surface area contributed by atoms with Gasteiger partial charge in [-0.05, 0) is 43.4 Å². The first-order valence-corrected chi connectivity index (χ1v) is 5.51. The zero-order valence-corrected chi connectivity index (χ0v) is 9.24. The fourth-order valence-corrected chi connectivity index (χ4v) is 1.52. The van der Waals surface area contributed by atoms with E-state index in [0.29, 0.717) is 6.04 Å². The lowest BCUT2D eigenvalue weighted by atomic mass is 10.0. The average molecular weight is 202 g/mol. The summed E-state index contributed by atoms with van der Waals surface area (Å²) < 4.78 is 0. The zero-order chi connectivity index (χ0) is 11.1. The van der Waals surface area contributed by atoms with E-state index in [9.17, 15) is 0 Å². The van der Waals surface area contributed by atoms with Crippen LogP contribution in [0.2, 0.25) is 0 Å². The summed E-state index contributed by atoms with van der Waals surface area (Å²) in [5.74, 6) is 0. The molecule has 0 radical (unpaired) electrons. The summed E-state index contributed by atoms with van der Waals surface area (Å²) in [6.07, 6.45) is 4.31. The van der Waals surface area contributed by atoms with Crippen molar-refractivity contribution in [3.63, 3.8) is 0 Å². The van der Waals surface area contributed by atoms with Gasteiger partial charge in [-0.25, -0.2) is 0 Å². The van der Waals surface area contributed by atoms with Gasteiger partial charge in [0.15, 0.2) is 0 Å². The molecule has 0 saturated heterocycles. The first kappa shape index (κ1) is 11.7. The molecule has 2 N–H and O–H groups in total. The van der Waals surface area contributed by atoms with Crippen LogP contribution in [-0.4, -0.2) is 6.04 Å². The SMILES string of the molecule is CCC(N)CCCc1ccc(C#N)cc1. The summed E-state index contributed by atoms with van der Waals surface area (Å²) in [7, 11) is 0. The molecule has 0 spiro atoms. The van der Waals surface area contributed by atoms with Gasteiger partial charge in [0.25, 0.3) is 0 Å². The lowest BCUT2D eigenvalue weighted by molar-refractivity contribution is 0.568. The molecule has 1 aromatic carbocycles. The van der Waals surface area contributed by atoms with Gasteiger partial charge < -0.3 is 5.73 Å². The Bertz CT molecular complexity index is 321. The third-order valence-electron chi connectivity index (χ3n) is 2.65. The van der Waals surface area contributed by atoms with E-state index >= 15 is 0 Å². The number of benzene rings is 1. The molecule has 0 bridgehead atoms. The average Bonchev–Trinajstić information content (AvgIpc) is 2.29. The molecule has 80 valence electrons. The van der Waals surface area contributed by atoms with E-state index in [2.05, 4.69) is 13.0 Å². The summed E-state index contributed by atoms with van der Waals surface area (Å²) >= 11 is 0. The topological polar surface area (TPSA) is 49.8 Å². The molecule has 0 amide bonds. The van der Waals surface area contributed by atoms with Crippen LogP contribution >= 0.6 is 0 Å². The van der Waals surface area contributed by atoms with Crippen LogP contribution in [0.3, 0.4) is 0 Å². The van der Waals surface area contributed by atoms with Crippen LogP contribution in [0.15, 0.2) is 24.3 Å². The highest BCUT2D eigenvalue weighted by atomic mass is 14.6. The highest BCUT2D eigenvalue weighted by molar-refractivity contribution is 5.31. The number of hydrogen-bond donors (Lipinski definition) is 1. The van der Waals surface area contributed by atoms with Crippen LogP contribution < -0.4 is 5.73 Å². The second kappa shape index (κ2) is 6.21. The van der Waals surface area contributed by atoms with Crippen LogP contribution in [0.5, 0.6) is 0 Å². The van der Waals surface area contributed by atoms with E-state index in [0.717, 1.165) is 31.2 Å². The van der Waals surface area contributed by atoms with Crippen molar-refractivity contribution in [2.24, 2.45) is 5.73 Å². The summed E-state index contributed by atoms with van der Waals surface area (Å²) in [6.45, 7) is 2.12. The van der Waals surface area contributed by atoms with Crippen molar-refractivity contribution in [3.05, 3.63) is 35.4 Å². The van der Waals surface area contributed by atoms with Crippen molar-refractivity contribution in [2.45, 2.75) is 38.6 Å². The number of hydrogen-bond acceptors (Lipinski definition) is 2. The summed E-state index contributed by atoms with van der Waals surface area (Å²) in [4.78, 5) is 0. The smallest absolute Gasteiger partial charge is 0.0991 e. The van der Waals surface area contributed by atoms with Gasteiger partial charge in [-0.2, -0.15) is 5.26 Å². The molecule has 2 nitrogen and oxygen atoms in total. The fourth-order valence-electron chi connectivity index (χ4n) is 1.52. The molecule has 15 heavy (non-hydrogen) atoms. The molecule has 1 atom stereocenters. The maximum Gasteiger partial charge on any atom is 0.0991 e. The van der Waals surface area contributed by atoms with Crippen LogP contribution in [0.25, 0.3) is 0 Å². The number of rotatable bonds is 5. The van der Waals surface area contributed by atoms with Gasteiger partial charge in [-0.3, -0.25) is 0 Å². The molecule has 2 heteroatoms. The summed E-state index contributed by atoms with van der Waals surface area (Å²) in [5.41, 5.74) is 7.85. The van der Waals surface area contributed by atoms with Gasteiger partial charge in [-0.15, -0.1) is 0 Å². The van der Waals surface area contributed by atoms with Crippen LogP contribution in [0, 0.1) is 11.3 Å². The Morgan fingerprint density at radius 3 is 2.53 bits per heavy atom. The van der Waals surface area contributed by atoms with Gasteiger partial charge in [0.2, 0.25) is 0 Å². The van der Waals surface area contributed by atoms with Gasteiger partial charge >= 0.3 is 0 Å². The Labute approximate surface area is 91.7 Å². The minimum atomic E-state index is 0.336. The Morgan fingerprint density at radius 1 is 1.33 bits per heavy atom. The largest absolute Gasteiger partial charge is 0.328 e. The Balaban J connectivity index is 2.35. The van der Waals surface area contributed by atoms with Crippen LogP contribution in [0.1, 0.15) is 37.3 Å². The van der Waals surface area contributed by atoms with E-state index in [1.54, 1.807) is 0 Å². The Hall–Kier alpha value is -1.33. The van der Waals surface area contributed by atoms with E-state index in [1.807, 2.05) is 24.3 Å². The second-order valence-corrected chi connectivity index (χ2v) is 3.87. The van der Waals surface area contributed by atoms with E-state index in [4.69, 9.17) is 11.0 Å². The normalized spacial score (nSPS) is 12.1. The molecule has 1 aromatic rings. The molecular weight excluding hydrogens is 184 g/mol. The first-order chi connectivity index (χ1) is 7.26. The Kier molecular flexibility index (Phi) is 4.86. The fraction of sp³-hybridized carbons (Fsp3) is 0.462. The van der Waals surface area contributed by atoms with Crippen LogP contribution in [-0.2, 0) is 6.42 Å². The molecule has 0 aliphatic carbocycles. The maximum atomic E-state index is 8.64. The lowest BCUT2D eigenvalue weighted by Gasteiger charge is -2.07. The molecule has 0 fully saturated rings. The molecule has 1 rings (SSSR count). The third-order valence-corrected chi connectivity index (χ3v) is 2.65. The number of aryl methyl sites for hydroxylation is 1. The monoisotopic (exact) mass is 202 g/mol. The number of nitriles is 1. The number of nitrogens with zero attached hydrogens (tertiary/aromatic N) is 1. The van der Waals surface area contributed by atoms with E-state index in [-0.39, 0.29) is 0 Å². The lowest BCUT2D eigenvalue weighted by Crippen LogP contribution is -2.18. The van der Waals surface area contributed by atoms with Crippen molar-refractivity contribution in [1.82, 2.24) is 0 Å². The predicted octanol–water partition coefficient (Wildman–Crippen LogP) is 2.62. The van der Waals surface area contributed by atoms with Crippen molar-refractivity contribution in [1.29, 1.82) is 5.26 Å². The van der Waals surface area contributed by atoms with E-state index in [1.165, 1.54) is 5.56 Å². The maximum absolute atomic E-state index is 8.64. The molecule has 0 heterocycles. The first-order valence-electron chi connectivity index (χ1n) is 5.51. The van der Waals surface area contributed by atoms with E-state index < -0.39 is 0 Å². The Morgan fingerprint density at radius 2 is 2.00 bits per heavy atom. The predicted molar refractivity (Wildman–Crippen MR) is 62.4 cm³/mol. The van der Waals surface area contributed by atoms with Gasteiger partial charge in [0, 0.05) is 6.04 Å². The van der Waals surface area contributed by atoms with Crippen molar-refractivity contribution >= 4 is 0 Å². The molecule has 0 aliphatic rings. The van der Waals surface area contributed by atoms with Crippen LogP contribution in [0.4, 0.5) is 0 Å². The third kappa shape index (κ3) is 4.14. The van der Waals surface area contributed by atoms with Crippen molar-refractivity contribution < 1.29 is 0 Å².